The lowest BCUT2D eigenvalue weighted by atomic mass is 9.93. The van der Waals surface area contributed by atoms with Crippen LogP contribution in [0.1, 0.15) is 25.7 Å². The van der Waals surface area contributed by atoms with E-state index in [1.165, 1.54) is 0 Å². The van der Waals surface area contributed by atoms with Gasteiger partial charge in [-0.25, -0.2) is 14.5 Å². The smallest absolute Gasteiger partial charge is 0.165 e. The predicted molar refractivity (Wildman–Crippen MR) is 93.1 cm³/mol. The summed E-state index contributed by atoms with van der Waals surface area (Å²) >= 11 is 6.09. The lowest BCUT2D eigenvalue weighted by Gasteiger charge is -2.26. The van der Waals surface area contributed by atoms with Gasteiger partial charge < -0.3 is 10.4 Å². The van der Waals surface area contributed by atoms with E-state index in [1.807, 2.05) is 18.3 Å². The molecule has 3 aromatic rings. The lowest BCUT2D eigenvalue weighted by molar-refractivity contribution is 0.126. The van der Waals surface area contributed by atoms with Crippen molar-refractivity contribution >= 4 is 22.9 Å². The molecule has 0 unspecified atom stereocenters. The Labute approximate surface area is 144 Å². The van der Waals surface area contributed by atoms with Crippen molar-refractivity contribution in [1.82, 2.24) is 19.6 Å². The Morgan fingerprint density at radius 1 is 1.21 bits per heavy atom. The maximum absolute atomic E-state index is 9.61. The van der Waals surface area contributed by atoms with E-state index in [2.05, 4.69) is 20.4 Å². The maximum Gasteiger partial charge on any atom is 0.165 e. The van der Waals surface area contributed by atoms with Gasteiger partial charge in [0.05, 0.1) is 23.4 Å². The molecule has 1 saturated carbocycles. The van der Waals surface area contributed by atoms with E-state index in [9.17, 15) is 5.11 Å². The average molecular weight is 344 g/mol. The third-order valence-electron chi connectivity index (χ3n) is 4.43. The van der Waals surface area contributed by atoms with Crippen LogP contribution >= 0.6 is 11.6 Å². The van der Waals surface area contributed by atoms with Gasteiger partial charge in [-0.05, 0) is 43.9 Å². The van der Waals surface area contributed by atoms with Crippen LogP contribution in [0.4, 0.5) is 5.82 Å². The first kappa shape index (κ1) is 15.4. The van der Waals surface area contributed by atoms with Crippen molar-refractivity contribution in [3.8, 4) is 11.4 Å². The number of aliphatic hydroxyl groups is 1. The van der Waals surface area contributed by atoms with E-state index in [0.717, 1.165) is 42.6 Å². The highest BCUT2D eigenvalue weighted by molar-refractivity contribution is 6.31. The molecule has 24 heavy (non-hydrogen) atoms. The Morgan fingerprint density at radius 3 is 2.88 bits per heavy atom. The van der Waals surface area contributed by atoms with Gasteiger partial charge in [0.2, 0.25) is 0 Å². The van der Waals surface area contributed by atoms with Crippen LogP contribution in [0.5, 0.6) is 0 Å². The minimum atomic E-state index is -0.160. The van der Waals surface area contributed by atoms with Crippen molar-refractivity contribution in [2.45, 2.75) is 37.8 Å². The zero-order valence-electron chi connectivity index (χ0n) is 13.1. The number of rotatable bonds is 3. The molecule has 0 aromatic carbocycles. The fourth-order valence-electron chi connectivity index (χ4n) is 3.13. The third-order valence-corrected chi connectivity index (χ3v) is 4.66. The van der Waals surface area contributed by atoms with Crippen LogP contribution in [-0.4, -0.2) is 36.8 Å². The molecule has 4 rings (SSSR count). The Hall–Kier alpha value is -2.18. The molecule has 3 aromatic heterocycles. The first-order chi connectivity index (χ1) is 11.7. The molecule has 0 aliphatic heterocycles. The molecule has 0 radical (unpaired) electrons. The van der Waals surface area contributed by atoms with Crippen LogP contribution in [0, 0.1) is 0 Å². The first-order valence-corrected chi connectivity index (χ1v) is 8.48. The van der Waals surface area contributed by atoms with Crippen LogP contribution in [0.15, 0.2) is 36.8 Å². The van der Waals surface area contributed by atoms with Crippen molar-refractivity contribution in [3.05, 3.63) is 41.8 Å². The normalized spacial score (nSPS) is 21.1. The zero-order chi connectivity index (χ0) is 16.5. The molecule has 0 bridgehead atoms. The summed E-state index contributed by atoms with van der Waals surface area (Å²) in [5.74, 6) is 1.41. The summed E-state index contributed by atoms with van der Waals surface area (Å²) in [4.78, 5) is 9.01. The molecule has 0 spiro atoms. The topological polar surface area (TPSA) is 75.3 Å². The van der Waals surface area contributed by atoms with Gasteiger partial charge in [-0.1, -0.05) is 11.6 Å². The Morgan fingerprint density at radius 2 is 2.04 bits per heavy atom. The summed E-state index contributed by atoms with van der Waals surface area (Å²) in [6.45, 7) is 0. The number of anilines is 1. The minimum absolute atomic E-state index is 0.160. The standard InChI is InChI=1S/C17H18ClN5O/c18-11-6-8-23-15(9-11)14(10-20-23)17-19-7-5-16(22-17)21-12-1-3-13(24)4-2-12/h5-10,12-13,24H,1-4H2,(H,19,21,22). The number of hydrogen-bond donors (Lipinski definition) is 2. The molecule has 0 amide bonds. The fraction of sp³-hybridized carbons (Fsp3) is 0.353. The minimum Gasteiger partial charge on any atom is -0.393 e. The van der Waals surface area contributed by atoms with E-state index in [4.69, 9.17) is 11.6 Å². The summed E-state index contributed by atoms with van der Waals surface area (Å²) in [7, 11) is 0. The molecule has 0 atom stereocenters. The van der Waals surface area contributed by atoms with Gasteiger partial charge in [-0.3, -0.25) is 0 Å². The van der Waals surface area contributed by atoms with Gasteiger partial charge in [-0.2, -0.15) is 5.10 Å². The van der Waals surface area contributed by atoms with Crippen LogP contribution < -0.4 is 5.32 Å². The monoisotopic (exact) mass is 343 g/mol. The Balaban J connectivity index is 1.61. The molecule has 1 aliphatic carbocycles. The number of pyridine rings is 1. The number of halogens is 1. The Kier molecular flexibility index (Phi) is 4.08. The highest BCUT2D eigenvalue weighted by Crippen LogP contribution is 2.25. The van der Waals surface area contributed by atoms with Crippen molar-refractivity contribution in [3.63, 3.8) is 0 Å². The fourth-order valence-corrected chi connectivity index (χ4v) is 3.29. The molecule has 6 nitrogen and oxygen atoms in total. The molecule has 1 fully saturated rings. The largest absolute Gasteiger partial charge is 0.393 e. The quantitative estimate of drug-likeness (QED) is 0.764. The summed E-state index contributed by atoms with van der Waals surface area (Å²) in [6.07, 6.45) is 8.73. The second-order valence-electron chi connectivity index (χ2n) is 6.15. The van der Waals surface area contributed by atoms with Gasteiger partial charge in [0, 0.05) is 23.5 Å². The highest BCUT2D eigenvalue weighted by Gasteiger charge is 2.19. The second kappa shape index (κ2) is 6.37. The summed E-state index contributed by atoms with van der Waals surface area (Å²) in [5, 5.41) is 18.0. The van der Waals surface area contributed by atoms with Gasteiger partial charge in [-0.15, -0.1) is 0 Å². The molecule has 0 saturated heterocycles. The van der Waals surface area contributed by atoms with Crippen molar-refractivity contribution < 1.29 is 5.11 Å². The van der Waals surface area contributed by atoms with Gasteiger partial charge in [0.15, 0.2) is 5.82 Å². The molecular weight excluding hydrogens is 326 g/mol. The molecule has 2 N–H and O–H groups in total. The predicted octanol–water partition coefficient (Wildman–Crippen LogP) is 3.16. The summed E-state index contributed by atoms with van der Waals surface area (Å²) < 4.78 is 1.76. The number of nitrogens with zero attached hydrogens (tertiary/aromatic N) is 4. The van der Waals surface area contributed by atoms with Gasteiger partial charge in [0.1, 0.15) is 5.82 Å². The van der Waals surface area contributed by atoms with E-state index in [1.54, 1.807) is 23.0 Å². The molecule has 1 aliphatic rings. The second-order valence-corrected chi connectivity index (χ2v) is 6.58. The molecular formula is C17H18ClN5O. The van der Waals surface area contributed by atoms with Crippen molar-refractivity contribution in [1.29, 1.82) is 0 Å². The number of fused-ring (bicyclic) bond motifs is 1. The third kappa shape index (κ3) is 3.07. The van der Waals surface area contributed by atoms with Crippen LogP contribution in [0.25, 0.3) is 16.9 Å². The van der Waals surface area contributed by atoms with E-state index >= 15 is 0 Å². The zero-order valence-corrected chi connectivity index (χ0v) is 13.8. The molecule has 7 heteroatoms. The van der Waals surface area contributed by atoms with Gasteiger partial charge in [0.25, 0.3) is 0 Å². The number of aliphatic hydroxyl groups excluding tert-OH is 1. The van der Waals surface area contributed by atoms with Crippen molar-refractivity contribution in [2.24, 2.45) is 0 Å². The summed E-state index contributed by atoms with van der Waals surface area (Å²) in [5.41, 5.74) is 1.72. The lowest BCUT2D eigenvalue weighted by Crippen LogP contribution is -2.28. The van der Waals surface area contributed by atoms with Crippen LogP contribution in [0.3, 0.4) is 0 Å². The Bertz CT molecular complexity index is 857. The SMILES string of the molecule is OC1CCC(Nc2ccnc(-c3cnn4ccc(Cl)cc34)n2)CC1. The number of hydrogen-bond acceptors (Lipinski definition) is 5. The number of nitrogens with one attached hydrogen (secondary N) is 1. The van der Waals surface area contributed by atoms with Crippen LogP contribution in [0.2, 0.25) is 5.02 Å². The van der Waals surface area contributed by atoms with E-state index in [0.29, 0.717) is 16.9 Å². The average Bonchev–Trinajstić information content (AvgIpc) is 3.00. The van der Waals surface area contributed by atoms with E-state index < -0.39 is 0 Å². The highest BCUT2D eigenvalue weighted by atomic mass is 35.5. The number of aromatic nitrogens is 4. The molecule has 124 valence electrons. The maximum atomic E-state index is 9.61. The van der Waals surface area contributed by atoms with Gasteiger partial charge >= 0.3 is 0 Å². The molecule has 3 heterocycles. The van der Waals surface area contributed by atoms with E-state index in [-0.39, 0.29) is 6.10 Å². The summed E-state index contributed by atoms with van der Waals surface area (Å²) in [6, 6.07) is 5.86. The van der Waals surface area contributed by atoms with Crippen molar-refractivity contribution in [2.75, 3.05) is 5.32 Å². The first-order valence-electron chi connectivity index (χ1n) is 8.10. The van der Waals surface area contributed by atoms with Crippen LogP contribution in [-0.2, 0) is 0 Å².